The van der Waals surface area contributed by atoms with Gasteiger partial charge in [-0.1, -0.05) is 13.8 Å². The Hall–Kier alpha value is -0.220. The van der Waals surface area contributed by atoms with Crippen LogP contribution in [0.4, 0.5) is 0 Å². The summed E-state index contributed by atoms with van der Waals surface area (Å²) in [6.45, 7) is 7.27. The van der Waals surface area contributed by atoms with E-state index in [2.05, 4.69) is 18.7 Å². The Morgan fingerprint density at radius 3 is 2.93 bits per heavy atom. The standard InChI is InChI=1S/C10H19NO2S/c1-8(2)9-7-11(5-6-14-9)4-3-10(12)13/h8-9H,3-7H2,1-2H3,(H,12,13). The second-order valence-electron chi connectivity index (χ2n) is 4.10. The van der Waals surface area contributed by atoms with Crippen LogP contribution in [-0.4, -0.2) is 46.6 Å². The van der Waals surface area contributed by atoms with Gasteiger partial charge in [-0.2, -0.15) is 11.8 Å². The zero-order chi connectivity index (χ0) is 10.6. The molecule has 1 heterocycles. The van der Waals surface area contributed by atoms with Gasteiger partial charge in [-0.3, -0.25) is 4.79 Å². The van der Waals surface area contributed by atoms with Crippen molar-refractivity contribution in [2.24, 2.45) is 5.92 Å². The summed E-state index contributed by atoms with van der Waals surface area (Å²) in [6, 6.07) is 0. The first kappa shape index (κ1) is 11.9. The Balaban J connectivity index is 2.29. The van der Waals surface area contributed by atoms with Crippen molar-refractivity contribution < 1.29 is 9.90 Å². The highest BCUT2D eigenvalue weighted by molar-refractivity contribution is 8.00. The molecule has 1 rings (SSSR count). The molecule has 1 aliphatic heterocycles. The normalized spacial score (nSPS) is 24.1. The van der Waals surface area contributed by atoms with E-state index >= 15 is 0 Å². The van der Waals surface area contributed by atoms with Gasteiger partial charge in [0.05, 0.1) is 6.42 Å². The molecule has 1 saturated heterocycles. The zero-order valence-electron chi connectivity index (χ0n) is 8.90. The fourth-order valence-electron chi connectivity index (χ4n) is 1.59. The van der Waals surface area contributed by atoms with Gasteiger partial charge >= 0.3 is 5.97 Å². The van der Waals surface area contributed by atoms with E-state index in [4.69, 9.17) is 5.11 Å². The fourth-order valence-corrected chi connectivity index (χ4v) is 2.96. The number of carboxylic acids is 1. The van der Waals surface area contributed by atoms with Crippen LogP contribution in [0.3, 0.4) is 0 Å². The minimum atomic E-state index is -0.690. The predicted molar refractivity (Wildman–Crippen MR) is 59.8 cm³/mol. The SMILES string of the molecule is CC(C)C1CN(CCC(=O)O)CCS1. The Kier molecular flexibility index (Phi) is 4.75. The van der Waals surface area contributed by atoms with Crippen LogP contribution in [0.15, 0.2) is 0 Å². The number of hydrogen-bond donors (Lipinski definition) is 1. The van der Waals surface area contributed by atoms with Crippen LogP contribution in [0.25, 0.3) is 0 Å². The predicted octanol–water partition coefficient (Wildman–Crippen LogP) is 1.53. The number of aliphatic carboxylic acids is 1. The number of carbonyl (C=O) groups is 1. The van der Waals surface area contributed by atoms with Crippen molar-refractivity contribution in [3.8, 4) is 0 Å². The molecule has 14 heavy (non-hydrogen) atoms. The Morgan fingerprint density at radius 2 is 2.36 bits per heavy atom. The Bertz CT molecular complexity index is 197. The maximum atomic E-state index is 10.4. The molecule has 0 aliphatic carbocycles. The number of hydrogen-bond acceptors (Lipinski definition) is 3. The lowest BCUT2D eigenvalue weighted by Gasteiger charge is -2.33. The smallest absolute Gasteiger partial charge is 0.304 e. The van der Waals surface area contributed by atoms with Crippen molar-refractivity contribution in [1.29, 1.82) is 0 Å². The molecular weight excluding hydrogens is 198 g/mol. The van der Waals surface area contributed by atoms with Gasteiger partial charge in [-0.05, 0) is 5.92 Å². The molecule has 4 heteroatoms. The van der Waals surface area contributed by atoms with Crippen molar-refractivity contribution in [3.05, 3.63) is 0 Å². The van der Waals surface area contributed by atoms with Gasteiger partial charge in [0.15, 0.2) is 0 Å². The van der Waals surface area contributed by atoms with Crippen molar-refractivity contribution >= 4 is 17.7 Å². The molecule has 0 aromatic rings. The molecule has 0 saturated carbocycles. The second-order valence-corrected chi connectivity index (χ2v) is 5.44. The lowest BCUT2D eigenvalue weighted by molar-refractivity contribution is -0.137. The molecule has 1 aliphatic rings. The van der Waals surface area contributed by atoms with E-state index in [0.717, 1.165) is 18.8 Å². The molecule has 3 nitrogen and oxygen atoms in total. The van der Waals surface area contributed by atoms with Crippen molar-refractivity contribution in [1.82, 2.24) is 4.90 Å². The third kappa shape index (κ3) is 3.88. The van der Waals surface area contributed by atoms with Crippen molar-refractivity contribution in [2.45, 2.75) is 25.5 Å². The molecule has 1 unspecified atom stereocenters. The first-order valence-electron chi connectivity index (χ1n) is 5.15. The van der Waals surface area contributed by atoms with Crippen LogP contribution in [0, 0.1) is 5.92 Å². The highest BCUT2D eigenvalue weighted by Gasteiger charge is 2.22. The summed E-state index contributed by atoms with van der Waals surface area (Å²) < 4.78 is 0. The number of thioether (sulfide) groups is 1. The topological polar surface area (TPSA) is 40.5 Å². The summed E-state index contributed by atoms with van der Waals surface area (Å²) >= 11 is 2.02. The first-order chi connectivity index (χ1) is 6.59. The summed E-state index contributed by atoms with van der Waals surface area (Å²) in [5.41, 5.74) is 0. The summed E-state index contributed by atoms with van der Waals surface area (Å²) in [6.07, 6.45) is 0.273. The van der Waals surface area contributed by atoms with E-state index in [1.54, 1.807) is 0 Å². The summed E-state index contributed by atoms with van der Waals surface area (Å²) in [5, 5.41) is 9.27. The number of rotatable bonds is 4. The Labute approximate surface area is 89.9 Å². The molecule has 0 spiro atoms. The van der Waals surface area contributed by atoms with Crippen LogP contribution in [-0.2, 0) is 4.79 Å². The maximum Gasteiger partial charge on any atom is 0.304 e. The molecule has 1 fully saturated rings. The van der Waals surface area contributed by atoms with E-state index < -0.39 is 5.97 Å². The average molecular weight is 217 g/mol. The van der Waals surface area contributed by atoms with Gasteiger partial charge < -0.3 is 10.0 Å². The summed E-state index contributed by atoms with van der Waals surface area (Å²) in [5.74, 6) is 1.14. The molecule has 0 radical (unpaired) electrons. The van der Waals surface area contributed by atoms with Crippen LogP contribution < -0.4 is 0 Å². The van der Waals surface area contributed by atoms with Crippen molar-refractivity contribution in [2.75, 3.05) is 25.4 Å². The van der Waals surface area contributed by atoms with Gasteiger partial charge in [-0.15, -0.1) is 0 Å². The fraction of sp³-hybridized carbons (Fsp3) is 0.900. The first-order valence-corrected chi connectivity index (χ1v) is 6.20. The zero-order valence-corrected chi connectivity index (χ0v) is 9.72. The van der Waals surface area contributed by atoms with E-state index in [9.17, 15) is 4.79 Å². The number of nitrogens with zero attached hydrogens (tertiary/aromatic N) is 1. The average Bonchev–Trinajstić information content (AvgIpc) is 2.15. The van der Waals surface area contributed by atoms with Gasteiger partial charge in [0.1, 0.15) is 0 Å². The third-order valence-corrected chi connectivity index (χ3v) is 4.10. The van der Waals surface area contributed by atoms with Crippen LogP contribution in [0.5, 0.6) is 0 Å². The van der Waals surface area contributed by atoms with Gasteiger partial charge in [0.2, 0.25) is 0 Å². The molecule has 0 aromatic carbocycles. The second kappa shape index (κ2) is 5.61. The van der Waals surface area contributed by atoms with Gasteiger partial charge in [-0.25, -0.2) is 0 Å². The quantitative estimate of drug-likeness (QED) is 0.775. The minimum absolute atomic E-state index is 0.273. The van der Waals surface area contributed by atoms with Gasteiger partial charge in [0, 0.05) is 30.6 Å². The number of carboxylic acid groups (broad SMARTS) is 1. The van der Waals surface area contributed by atoms with Crippen molar-refractivity contribution in [3.63, 3.8) is 0 Å². The van der Waals surface area contributed by atoms with Crippen LogP contribution in [0.2, 0.25) is 0 Å². The Morgan fingerprint density at radius 1 is 1.64 bits per heavy atom. The lowest BCUT2D eigenvalue weighted by atomic mass is 10.1. The largest absolute Gasteiger partial charge is 0.481 e. The minimum Gasteiger partial charge on any atom is -0.481 e. The van der Waals surface area contributed by atoms with E-state index in [1.807, 2.05) is 11.8 Å². The van der Waals surface area contributed by atoms with Gasteiger partial charge in [0.25, 0.3) is 0 Å². The van der Waals surface area contributed by atoms with E-state index in [1.165, 1.54) is 0 Å². The molecule has 1 N–H and O–H groups in total. The molecule has 0 amide bonds. The van der Waals surface area contributed by atoms with Crippen LogP contribution >= 0.6 is 11.8 Å². The highest BCUT2D eigenvalue weighted by Crippen LogP contribution is 2.24. The molecule has 82 valence electrons. The molecule has 0 bridgehead atoms. The molecular formula is C10H19NO2S. The van der Waals surface area contributed by atoms with E-state index in [0.29, 0.717) is 17.7 Å². The van der Waals surface area contributed by atoms with Crippen LogP contribution in [0.1, 0.15) is 20.3 Å². The maximum absolute atomic E-state index is 10.4. The molecule has 1 atom stereocenters. The lowest BCUT2D eigenvalue weighted by Crippen LogP contribution is -2.40. The highest BCUT2D eigenvalue weighted by atomic mass is 32.2. The monoisotopic (exact) mass is 217 g/mol. The molecule has 0 aromatic heterocycles. The summed E-state index contributed by atoms with van der Waals surface area (Å²) in [7, 11) is 0. The van der Waals surface area contributed by atoms with E-state index in [-0.39, 0.29) is 6.42 Å². The third-order valence-electron chi connectivity index (χ3n) is 2.56. The summed E-state index contributed by atoms with van der Waals surface area (Å²) in [4.78, 5) is 12.7.